The van der Waals surface area contributed by atoms with E-state index in [1.165, 1.54) is 44.9 Å². The first-order valence-corrected chi connectivity index (χ1v) is 23.3. The van der Waals surface area contributed by atoms with Gasteiger partial charge in [-0.3, -0.25) is 14.4 Å². The summed E-state index contributed by atoms with van der Waals surface area (Å²) in [5, 5.41) is 0. The van der Waals surface area contributed by atoms with E-state index in [9.17, 15) is 14.4 Å². The highest BCUT2D eigenvalue weighted by Crippen LogP contribution is 2.13. The smallest absolute Gasteiger partial charge is 0.306 e. The first-order valence-electron chi connectivity index (χ1n) is 23.3. The van der Waals surface area contributed by atoms with E-state index in [4.69, 9.17) is 14.2 Å². The Balaban J connectivity index is 4.48. The fraction of sp³-hybridized carbons (Fsp3) is 0.635. The lowest BCUT2D eigenvalue weighted by Crippen LogP contribution is -2.30. The number of ether oxygens (including phenoxy) is 3. The van der Waals surface area contributed by atoms with Gasteiger partial charge in [-0.05, 0) is 57.8 Å². The lowest BCUT2D eigenvalue weighted by Gasteiger charge is -2.18. The molecule has 0 N–H and O–H groups in total. The molecule has 0 saturated carbocycles. The van der Waals surface area contributed by atoms with Crippen LogP contribution in [0.3, 0.4) is 0 Å². The van der Waals surface area contributed by atoms with Crippen molar-refractivity contribution in [3.8, 4) is 0 Å². The second-order valence-corrected chi connectivity index (χ2v) is 15.1. The van der Waals surface area contributed by atoms with Crippen LogP contribution in [0.4, 0.5) is 0 Å². The minimum atomic E-state index is -0.797. The van der Waals surface area contributed by atoms with Crippen LogP contribution in [-0.4, -0.2) is 37.2 Å². The van der Waals surface area contributed by atoms with E-state index in [0.717, 1.165) is 109 Å². The zero-order valence-corrected chi connectivity index (χ0v) is 37.3. The summed E-state index contributed by atoms with van der Waals surface area (Å²) < 4.78 is 16.7. The molecule has 0 aliphatic carbocycles. The molecule has 0 radical (unpaired) electrons. The molecule has 328 valence electrons. The molecule has 0 aromatic carbocycles. The molecule has 0 saturated heterocycles. The van der Waals surface area contributed by atoms with Gasteiger partial charge in [-0.2, -0.15) is 0 Å². The average molecular weight is 805 g/mol. The number of hydrogen-bond acceptors (Lipinski definition) is 6. The van der Waals surface area contributed by atoms with Crippen LogP contribution in [0.15, 0.2) is 97.2 Å². The zero-order valence-electron chi connectivity index (χ0n) is 37.3. The van der Waals surface area contributed by atoms with Gasteiger partial charge in [0, 0.05) is 19.3 Å². The Labute approximate surface area is 356 Å². The lowest BCUT2D eigenvalue weighted by molar-refractivity contribution is -0.167. The Morgan fingerprint density at radius 2 is 0.672 bits per heavy atom. The van der Waals surface area contributed by atoms with Crippen molar-refractivity contribution in [2.24, 2.45) is 0 Å². The summed E-state index contributed by atoms with van der Waals surface area (Å²) in [7, 11) is 0. The number of carbonyl (C=O) groups excluding carboxylic acids is 3. The minimum absolute atomic E-state index is 0.0955. The van der Waals surface area contributed by atoms with Crippen molar-refractivity contribution in [3.63, 3.8) is 0 Å². The first kappa shape index (κ1) is 54.3. The predicted octanol–water partition coefficient (Wildman–Crippen LogP) is 15.0. The largest absolute Gasteiger partial charge is 0.462 e. The number of hydrogen-bond donors (Lipinski definition) is 0. The first-order chi connectivity index (χ1) is 28.5. The Morgan fingerprint density at radius 1 is 0.362 bits per heavy atom. The summed E-state index contributed by atoms with van der Waals surface area (Å²) in [5.41, 5.74) is 0. The van der Waals surface area contributed by atoms with E-state index < -0.39 is 6.10 Å². The van der Waals surface area contributed by atoms with Gasteiger partial charge in [0.05, 0.1) is 0 Å². The SMILES string of the molecule is CC\C=C/C=C\C=C/C=C\CCCCCCCC(=O)OCC(COC(=O)CCCCCCCCCCCC)OC(=O)CCCCCCC\C=C/C=C\C=C/C=C\CC. The molecular weight excluding hydrogens is 721 g/mol. The van der Waals surface area contributed by atoms with Gasteiger partial charge in [0.2, 0.25) is 0 Å². The normalized spacial score (nSPS) is 12.9. The van der Waals surface area contributed by atoms with E-state index in [2.05, 4.69) is 69.4 Å². The molecule has 6 nitrogen and oxygen atoms in total. The van der Waals surface area contributed by atoms with Gasteiger partial charge >= 0.3 is 17.9 Å². The molecule has 1 atom stereocenters. The highest BCUT2D eigenvalue weighted by Gasteiger charge is 2.19. The predicted molar refractivity (Wildman–Crippen MR) is 247 cm³/mol. The van der Waals surface area contributed by atoms with Crippen LogP contribution < -0.4 is 0 Å². The van der Waals surface area contributed by atoms with Gasteiger partial charge in [0.1, 0.15) is 13.2 Å². The van der Waals surface area contributed by atoms with Gasteiger partial charge in [0.25, 0.3) is 0 Å². The molecule has 0 aromatic heterocycles. The van der Waals surface area contributed by atoms with Crippen molar-refractivity contribution in [1.29, 1.82) is 0 Å². The van der Waals surface area contributed by atoms with Crippen LogP contribution in [0.5, 0.6) is 0 Å². The van der Waals surface area contributed by atoms with Gasteiger partial charge in [0.15, 0.2) is 6.10 Å². The number of carbonyl (C=O) groups is 3. The van der Waals surface area contributed by atoms with E-state index in [1.54, 1.807) is 0 Å². The van der Waals surface area contributed by atoms with Crippen molar-refractivity contribution >= 4 is 17.9 Å². The summed E-state index contributed by atoms with van der Waals surface area (Å²) in [6, 6.07) is 0. The topological polar surface area (TPSA) is 78.9 Å². The van der Waals surface area contributed by atoms with E-state index >= 15 is 0 Å². The molecule has 58 heavy (non-hydrogen) atoms. The third-order valence-corrected chi connectivity index (χ3v) is 9.52. The van der Waals surface area contributed by atoms with Crippen LogP contribution in [-0.2, 0) is 28.6 Å². The fourth-order valence-corrected chi connectivity index (χ4v) is 6.05. The molecule has 0 amide bonds. The molecule has 0 heterocycles. The van der Waals surface area contributed by atoms with Gasteiger partial charge in [-0.15, -0.1) is 0 Å². The molecule has 0 aliphatic heterocycles. The number of allylic oxidation sites excluding steroid dienone is 16. The number of esters is 3. The average Bonchev–Trinajstić information content (AvgIpc) is 3.22. The maximum atomic E-state index is 12.7. The Bertz CT molecular complexity index is 1200. The molecular formula is C52H84O6. The van der Waals surface area contributed by atoms with Crippen molar-refractivity contribution in [3.05, 3.63) is 97.2 Å². The van der Waals surface area contributed by atoms with Gasteiger partial charge in [-0.25, -0.2) is 0 Å². The van der Waals surface area contributed by atoms with Crippen molar-refractivity contribution in [2.75, 3.05) is 13.2 Å². The van der Waals surface area contributed by atoms with E-state index in [1.807, 2.05) is 48.6 Å². The van der Waals surface area contributed by atoms with Crippen molar-refractivity contribution < 1.29 is 28.6 Å². The standard InChI is InChI=1S/C52H84O6/c1-4-7-10-13-16-19-22-24-26-28-30-33-36-39-42-45-51(54)57-48-49(47-56-50(53)44-41-38-35-32-21-18-15-12-9-6-3)58-52(55)46-43-40-37-34-31-29-27-25-23-20-17-14-11-8-5-2/h7-8,10-11,13-14,16-17,19-20,22-27,49H,4-6,9,12,15,18,21,28-48H2,1-3H3/b10-7-,11-8-,16-13-,17-14-,22-19-,23-20-,26-24-,27-25-. The summed E-state index contributed by atoms with van der Waals surface area (Å²) in [4.78, 5) is 37.8. The molecule has 1 unspecified atom stereocenters. The maximum absolute atomic E-state index is 12.7. The summed E-state index contributed by atoms with van der Waals surface area (Å²) in [5.74, 6) is -0.952. The van der Waals surface area contributed by atoms with Crippen molar-refractivity contribution in [2.45, 2.75) is 200 Å². The second-order valence-electron chi connectivity index (χ2n) is 15.1. The monoisotopic (exact) mass is 805 g/mol. The molecule has 0 rings (SSSR count). The van der Waals surface area contributed by atoms with Crippen LogP contribution >= 0.6 is 0 Å². The summed E-state index contributed by atoms with van der Waals surface area (Å²) in [6.07, 6.45) is 59.5. The van der Waals surface area contributed by atoms with Crippen molar-refractivity contribution in [1.82, 2.24) is 0 Å². The second kappa shape index (κ2) is 46.0. The van der Waals surface area contributed by atoms with Crippen LogP contribution in [0, 0.1) is 0 Å². The summed E-state index contributed by atoms with van der Waals surface area (Å²) in [6.45, 7) is 6.28. The van der Waals surface area contributed by atoms with E-state index in [0.29, 0.717) is 19.3 Å². The molecule has 6 heteroatoms. The molecule has 0 aliphatic rings. The van der Waals surface area contributed by atoms with Crippen LogP contribution in [0.2, 0.25) is 0 Å². The quantitative estimate of drug-likeness (QED) is 0.0266. The third-order valence-electron chi connectivity index (χ3n) is 9.52. The molecule has 0 fully saturated rings. The molecule has 0 bridgehead atoms. The highest BCUT2D eigenvalue weighted by molar-refractivity contribution is 5.71. The number of unbranched alkanes of at least 4 members (excludes halogenated alkanes) is 19. The Kier molecular flexibility index (Phi) is 43.1. The number of rotatable bonds is 40. The van der Waals surface area contributed by atoms with E-state index in [-0.39, 0.29) is 31.1 Å². The maximum Gasteiger partial charge on any atom is 0.306 e. The molecule has 0 spiro atoms. The Hall–Kier alpha value is -3.67. The fourth-order valence-electron chi connectivity index (χ4n) is 6.05. The van der Waals surface area contributed by atoms with Gasteiger partial charge in [-0.1, -0.05) is 214 Å². The summed E-state index contributed by atoms with van der Waals surface area (Å²) >= 11 is 0. The molecule has 0 aromatic rings. The van der Waals surface area contributed by atoms with Gasteiger partial charge < -0.3 is 14.2 Å². The lowest BCUT2D eigenvalue weighted by atomic mass is 10.1. The highest BCUT2D eigenvalue weighted by atomic mass is 16.6. The zero-order chi connectivity index (χ0) is 42.3. The minimum Gasteiger partial charge on any atom is -0.462 e. The van der Waals surface area contributed by atoms with Crippen LogP contribution in [0.25, 0.3) is 0 Å². The Morgan fingerprint density at radius 3 is 1.05 bits per heavy atom. The third kappa shape index (κ3) is 43.5. The van der Waals surface area contributed by atoms with Crippen LogP contribution in [0.1, 0.15) is 194 Å².